The molecule has 0 fully saturated rings. The number of rotatable bonds is 8. The molecule has 0 aliphatic heterocycles. The van der Waals surface area contributed by atoms with Crippen LogP contribution >= 0.6 is 0 Å². The van der Waals surface area contributed by atoms with Crippen LogP contribution in [0.15, 0.2) is 70.2 Å². The molecule has 2 amide bonds. The highest BCUT2D eigenvalue weighted by Gasteiger charge is 2.18. The average molecular weight is 456 g/mol. The molecule has 8 nitrogen and oxygen atoms in total. The van der Waals surface area contributed by atoms with Crippen LogP contribution in [0.4, 0.5) is 5.69 Å². The predicted octanol–water partition coefficient (Wildman–Crippen LogP) is 3.09. The van der Waals surface area contributed by atoms with Gasteiger partial charge in [-0.05, 0) is 67.4 Å². The molecule has 0 bridgehead atoms. The summed E-state index contributed by atoms with van der Waals surface area (Å²) in [5, 5.41) is 2.68. The molecule has 1 heterocycles. The number of carbonyl (C=O) groups is 2. The van der Waals surface area contributed by atoms with Crippen molar-refractivity contribution in [3.8, 4) is 0 Å². The normalized spacial score (nSPS) is 11.1. The second kappa shape index (κ2) is 9.69. The van der Waals surface area contributed by atoms with Gasteiger partial charge in [0.05, 0.1) is 24.2 Å². The molecule has 0 atom stereocenters. The Kier molecular flexibility index (Phi) is 6.99. The maximum absolute atomic E-state index is 12.7. The number of benzene rings is 2. The number of aryl methyl sites for hydroxylation is 2. The quantitative estimate of drug-likeness (QED) is 0.543. The van der Waals surface area contributed by atoms with Gasteiger partial charge < -0.3 is 14.6 Å². The van der Waals surface area contributed by atoms with Crippen molar-refractivity contribution in [2.75, 3.05) is 18.3 Å². The number of sulfonamides is 1. The second-order valence-electron chi connectivity index (χ2n) is 7.47. The van der Waals surface area contributed by atoms with Crippen LogP contribution in [0.25, 0.3) is 0 Å². The maximum Gasteiger partial charge on any atom is 0.262 e. The van der Waals surface area contributed by atoms with Crippen molar-refractivity contribution in [2.45, 2.75) is 25.3 Å². The summed E-state index contributed by atoms with van der Waals surface area (Å²) in [5.74, 6) is -0.0662. The number of nitrogens with zero attached hydrogens (tertiary/aromatic N) is 1. The molecule has 0 aliphatic rings. The first kappa shape index (κ1) is 23.1. The number of likely N-dealkylation sites (N-methyl/N-ethyl adjacent to an activating group) is 1. The number of carbonyl (C=O) groups excluding carboxylic acids is 2. The van der Waals surface area contributed by atoms with E-state index < -0.39 is 10.0 Å². The average Bonchev–Trinajstić information content (AvgIpc) is 3.27. The van der Waals surface area contributed by atoms with Crippen LogP contribution in [0.3, 0.4) is 0 Å². The summed E-state index contributed by atoms with van der Waals surface area (Å²) in [6.45, 7) is 3.67. The van der Waals surface area contributed by atoms with Gasteiger partial charge in [-0.25, -0.2) is 8.42 Å². The molecule has 3 aromatic rings. The lowest BCUT2D eigenvalue weighted by molar-refractivity contribution is -0.121. The molecule has 0 radical (unpaired) electrons. The van der Waals surface area contributed by atoms with Gasteiger partial charge in [0.1, 0.15) is 5.76 Å². The third kappa shape index (κ3) is 5.76. The number of hydrogen-bond acceptors (Lipinski definition) is 5. The molecule has 1 aromatic heterocycles. The molecular formula is C23H25N3O5S. The number of furan rings is 1. The molecule has 0 aliphatic carbocycles. The number of hydrogen-bond donors (Lipinski definition) is 2. The smallest absolute Gasteiger partial charge is 0.262 e. The Bertz CT molecular complexity index is 1200. The Morgan fingerprint density at radius 3 is 2.41 bits per heavy atom. The van der Waals surface area contributed by atoms with Gasteiger partial charge in [-0.1, -0.05) is 12.1 Å². The lowest BCUT2D eigenvalue weighted by atomic mass is 10.2. The summed E-state index contributed by atoms with van der Waals surface area (Å²) in [7, 11) is -2.24. The third-order valence-corrected chi connectivity index (χ3v) is 6.31. The summed E-state index contributed by atoms with van der Waals surface area (Å²) >= 11 is 0. The van der Waals surface area contributed by atoms with Gasteiger partial charge in [0.15, 0.2) is 0 Å². The minimum absolute atomic E-state index is 0.124. The van der Waals surface area contributed by atoms with Crippen LogP contribution in [0.1, 0.15) is 27.2 Å². The Hall–Kier alpha value is -3.59. The van der Waals surface area contributed by atoms with E-state index in [9.17, 15) is 18.0 Å². The van der Waals surface area contributed by atoms with E-state index in [0.717, 1.165) is 5.56 Å². The molecule has 32 heavy (non-hydrogen) atoms. The van der Waals surface area contributed by atoms with Crippen molar-refractivity contribution in [1.29, 1.82) is 0 Å². The lowest BCUT2D eigenvalue weighted by Gasteiger charge is -2.17. The fourth-order valence-electron chi connectivity index (χ4n) is 3.05. The number of amides is 2. The van der Waals surface area contributed by atoms with E-state index in [1.54, 1.807) is 31.2 Å². The van der Waals surface area contributed by atoms with E-state index in [-0.39, 0.29) is 29.8 Å². The number of anilines is 1. The predicted molar refractivity (Wildman–Crippen MR) is 121 cm³/mol. The SMILES string of the molecule is Cc1ccc(C)c(S(=O)(=O)Nc2ccc(C(=O)N(C)CC(=O)NCc3ccco3)cc2)c1. The Labute approximate surface area is 187 Å². The van der Waals surface area contributed by atoms with E-state index in [1.807, 2.05) is 13.0 Å². The van der Waals surface area contributed by atoms with E-state index >= 15 is 0 Å². The van der Waals surface area contributed by atoms with E-state index in [0.29, 0.717) is 22.6 Å². The minimum atomic E-state index is -3.76. The van der Waals surface area contributed by atoms with Crippen LogP contribution in [-0.2, 0) is 21.4 Å². The van der Waals surface area contributed by atoms with Crippen LogP contribution in [-0.4, -0.2) is 38.7 Å². The molecule has 0 saturated heterocycles. The lowest BCUT2D eigenvalue weighted by Crippen LogP contribution is -2.38. The fourth-order valence-corrected chi connectivity index (χ4v) is 4.44. The summed E-state index contributed by atoms with van der Waals surface area (Å²) in [4.78, 5) is 26.2. The fraction of sp³-hybridized carbons (Fsp3) is 0.217. The summed E-state index contributed by atoms with van der Waals surface area (Å²) in [5.41, 5.74) is 2.15. The van der Waals surface area contributed by atoms with Gasteiger partial charge in [0.25, 0.3) is 15.9 Å². The molecule has 2 N–H and O–H groups in total. The first-order valence-corrected chi connectivity index (χ1v) is 11.4. The van der Waals surface area contributed by atoms with Crippen molar-refractivity contribution in [3.63, 3.8) is 0 Å². The Morgan fingerprint density at radius 2 is 1.75 bits per heavy atom. The Balaban J connectivity index is 1.61. The van der Waals surface area contributed by atoms with Crippen molar-refractivity contribution in [1.82, 2.24) is 10.2 Å². The summed E-state index contributed by atoms with van der Waals surface area (Å²) in [6, 6.07) is 14.7. The van der Waals surface area contributed by atoms with E-state index in [2.05, 4.69) is 10.0 Å². The monoisotopic (exact) mass is 455 g/mol. The van der Waals surface area contributed by atoms with Gasteiger partial charge in [0.2, 0.25) is 5.91 Å². The molecule has 2 aromatic carbocycles. The zero-order valence-corrected chi connectivity index (χ0v) is 18.9. The van der Waals surface area contributed by atoms with E-state index in [1.165, 1.54) is 42.5 Å². The van der Waals surface area contributed by atoms with Gasteiger partial charge in [-0.15, -0.1) is 0 Å². The van der Waals surface area contributed by atoms with Crippen molar-refractivity contribution in [3.05, 3.63) is 83.3 Å². The van der Waals surface area contributed by atoms with Crippen LogP contribution < -0.4 is 10.0 Å². The van der Waals surface area contributed by atoms with Gasteiger partial charge >= 0.3 is 0 Å². The third-order valence-electron chi connectivity index (χ3n) is 4.78. The molecule has 9 heteroatoms. The van der Waals surface area contributed by atoms with E-state index in [4.69, 9.17) is 4.42 Å². The Morgan fingerprint density at radius 1 is 1.03 bits per heavy atom. The molecule has 0 saturated carbocycles. The maximum atomic E-state index is 12.7. The van der Waals surface area contributed by atoms with Crippen LogP contribution in [0.5, 0.6) is 0 Å². The van der Waals surface area contributed by atoms with Crippen molar-refractivity contribution < 1.29 is 22.4 Å². The zero-order valence-electron chi connectivity index (χ0n) is 18.1. The van der Waals surface area contributed by atoms with Gasteiger partial charge in [0, 0.05) is 18.3 Å². The van der Waals surface area contributed by atoms with Gasteiger partial charge in [-0.2, -0.15) is 0 Å². The van der Waals surface area contributed by atoms with Crippen molar-refractivity contribution in [2.24, 2.45) is 0 Å². The number of nitrogens with one attached hydrogen (secondary N) is 2. The highest BCUT2D eigenvalue weighted by Crippen LogP contribution is 2.21. The molecule has 0 spiro atoms. The highest BCUT2D eigenvalue weighted by atomic mass is 32.2. The largest absolute Gasteiger partial charge is 0.467 e. The van der Waals surface area contributed by atoms with Crippen molar-refractivity contribution >= 4 is 27.5 Å². The molecule has 168 valence electrons. The minimum Gasteiger partial charge on any atom is -0.467 e. The topological polar surface area (TPSA) is 109 Å². The summed E-state index contributed by atoms with van der Waals surface area (Å²) in [6.07, 6.45) is 1.52. The first-order chi connectivity index (χ1) is 15.2. The van der Waals surface area contributed by atoms with Crippen LogP contribution in [0.2, 0.25) is 0 Å². The van der Waals surface area contributed by atoms with Crippen LogP contribution in [0, 0.1) is 13.8 Å². The molecular weight excluding hydrogens is 430 g/mol. The summed E-state index contributed by atoms with van der Waals surface area (Å²) < 4.78 is 33.1. The highest BCUT2D eigenvalue weighted by molar-refractivity contribution is 7.92. The second-order valence-corrected chi connectivity index (χ2v) is 9.12. The molecule has 3 rings (SSSR count). The first-order valence-electron chi connectivity index (χ1n) is 9.90. The zero-order chi connectivity index (χ0) is 23.3. The molecule has 0 unspecified atom stereocenters. The van der Waals surface area contributed by atoms with Gasteiger partial charge in [-0.3, -0.25) is 14.3 Å². The standard InChI is InChI=1S/C23H25N3O5S/c1-16-6-7-17(2)21(13-16)32(29,30)25-19-10-8-18(9-11-19)23(28)26(3)15-22(27)24-14-20-5-4-12-31-20/h4-13,25H,14-15H2,1-3H3,(H,24,27).